The van der Waals surface area contributed by atoms with Gasteiger partial charge in [0.2, 0.25) is 0 Å². The Morgan fingerprint density at radius 2 is 2.05 bits per heavy atom. The van der Waals surface area contributed by atoms with Crippen LogP contribution in [0.1, 0.15) is 29.8 Å². The van der Waals surface area contributed by atoms with Crippen LogP contribution in [-0.2, 0) is 11.2 Å². The standard InChI is InChI=1S/C16H22N2O2/c1-4-18(5-2)10-9-12-11-17-14-8-6-7-13(15(12)14)16(19)20-3/h6-8,11,17H,4-5,9-10H2,1-3H3. The van der Waals surface area contributed by atoms with E-state index in [1.165, 1.54) is 12.7 Å². The molecule has 0 fully saturated rings. The third-order valence-electron chi connectivity index (χ3n) is 3.78. The fraction of sp³-hybridized carbons (Fsp3) is 0.438. The number of aromatic amines is 1. The van der Waals surface area contributed by atoms with Crippen LogP contribution in [0.15, 0.2) is 24.4 Å². The van der Waals surface area contributed by atoms with Crippen molar-refractivity contribution in [3.8, 4) is 0 Å². The number of hydrogen-bond acceptors (Lipinski definition) is 3. The number of fused-ring (bicyclic) bond motifs is 1. The Labute approximate surface area is 119 Å². The summed E-state index contributed by atoms with van der Waals surface area (Å²) in [5, 5.41) is 0.992. The number of nitrogens with one attached hydrogen (secondary N) is 1. The van der Waals surface area contributed by atoms with Crippen molar-refractivity contribution in [2.75, 3.05) is 26.7 Å². The van der Waals surface area contributed by atoms with E-state index in [2.05, 4.69) is 23.7 Å². The molecule has 0 amide bonds. The second kappa shape index (κ2) is 6.57. The highest BCUT2D eigenvalue weighted by Gasteiger charge is 2.15. The summed E-state index contributed by atoms with van der Waals surface area (Å²) in [6, 6.07) is 5.69. The summed E-state index contributed by atoms with van der Waals surface area (Å²) in [6.07, 6.45) is 2.93. The second-order valence-electron chi connectivity index (χ2n) is 4.81. The largest absolute Gasteiger partial charge is 0.465 e. The molecule has 0 radical (unpaired) electrons. The maximum absolute atomic E-state index is 11.9. The Kier molecular flexibility index (Phi) is 4.79. The Hall–Kier alpha value is -1.81. The van der Waals surface area contributed by atoms with Crippen LogP contribution < -0.4 is 0 Å². The molecule has 20 heavy (non-hydrogen) atoms. The number of carbonyl (C=O) groups excluding carboxylic acids is 1. The highest BCUT2D eigenvalue weighted by Crippen LogP contribution is 2.24. The lowest BCUT2D eigenvalue weighted by molar-refractivity contribution is 0.0603. The first-order valence-corrected chi connectivity index (χ1v) is 7.10. The zero-order valence-corrected chi connectivity index (χ0v) is 12.4. The number of hydrogen-bond donors (Lipinski definition) is 1. The number of rotatable bonds is 6. The van der Waals surface area contributed by atoms with E-state index in [-0.39, 0.29) is 5.97 Å². The number of nitrogens with zero attached hydrogens (tertiary/aromatic N) is 1. The summed E-state index contributed by atoms with van der Waals surface area (Å²) in [6.45, 7) is 7.41. The first-order valence-electron chi connectivity index (χ1n) is 7.10. The minimum atomic E-state index is -0.278. The van der Waals surface area contributed by atoms with Crippen LogP contribution in [-0.4, -0.2) is 42.6 Å². The molecular weight excluding hydrogens is 252 g/mol. The quantitative estimate of drug-likeness (QED) is 0.824. The van der Waals surface area contributed by atoms with Crippen molar-refractivity contribution in [2.45, 2.75) is 20.3 Å². The fourth-order valence-electron chi connectivity index (χ4n) is 2.55. The number of likely N-dealkylation sites (N-methyl/N-ethyl adjacent to an activating group) is 1. The third kappa shape index (κ3) is 2.85. The highest BCUT2D eigenvalue weighted by atomic mass is 16.5. The predicted molar refractivity (Wildman–Crippen MR) is 81.1 cm³/mol. The molecule has 0 aliphatic rings. The van der Waals surface area contributed by atoms with Crippen LogP contribution in [0.4, 0.5) is 0 Å². The first-order chi connectivity index (χ1) is 9.71. The van der Waals surface area contributed by atoms with Gasteiger partial charge in [0, 0.05) is 23.6 Å². The summed E-state index contributed by atoms with van der Waals surface area (Å²) >= 11 is 0. The van der Waals surface area contributed by atoms with E-state index >= 15 is 0 Å². The van der Waals surface area contributed by atoms with Gasteiger partial charge in [-0.1, -0.05) is 19.9 Å². The van der Waals surface area contributed by atoms with Gasteiger partial charge in [-0.15, -0.1) is 0 Å². The van der Waals surface area contributed by atoms with Gasteiger partial charge in [0.1, 0.15) is 0 Å². The minimum Gasteiger partial charge on any atom is -0.465 e. The van der Waals surface area contributed by atoms with Crippen LogP contribution in [0.3, 0.4) is 0 Å². The van der Waals surface area contributed by atoms with Crippen molar-refractivity contribution in [2.24, 2.45) is 0 Å². The van der Waals surface area contributed by atoms with Gasteiger partial charge in [0.05, 0.1) is 12.7 Å². The molecule has 4 nitrogen and oxygen atoms in total. The van der Waals surface area contributed by atoms with E-state index in [0.29, 0.717) is 5.56 Å². The monoisotopic (exact) mass is 274 g/mol. The number of H-pyrrole nitrogens is 1. The summed E-state index contributed by atoms with van der Waals surface area (Å²) in [7, 11) is 1.42. The van der Waals surface area contributed by atoms with Crippen molar-refractivity contribution in [1.29, 1.82) is 0 Å². The zero-order chi connectivity index (χ0) is 14.5. The molecule has 0 saturated heterocycles. The molecule has 0 spiro atoms. The predicted octanol–water partition coefficient (Wildman–Crippen LogP) is 2.84. The summed E-state index contributed by atoms with van der Waals surface area (Å²) in [5.74, 6) is -0.278. The normalized spacial score (nSPS) is 11.2. The molecular formula is C16H22N2O2. The summed E-state index contributed by atoms with van der Waals surface area (Å²) in [4.78, 5) is 17.5. The van der Waals surface area contributed by atoms with Gasteiger partial charge in [-0.3, -0.25) is 0 Å². The Morgan fingerprint density at radius 1 is 1.30 bits per heavy atom. The number of carbonyl (C=O) groups is 1. The maximum Gasteiger partial charge on any atom is 0.338 e. The Balaban J connectivity index is 2.32. The Morgan fingerprint density at radius 3 is 2.70 bits per heavy atom. The molecule has 1 N–H and O–H groups in total. The van der Waals surface area contributed by atoms with Crippen molar-refractivity contribution in [3.05, 3.63) is 35.5 Å². The molecule has 0 atom stereocenters. The second-order valence-corrected chi connectivity index (χ2v) is 4.81. The highest BCUT2D eigenvalue weighted by molar-refractivity contribution is 6.05. The zero-order valence-electron chi connectivity index (χ0n) is 12.4. The Bertz CT molecular complexity index is 585. The lowest BCUT2D eigenvalue weighted by Gasteiger charge is -2.17. The number of ether oxygens (including phenoxy) is 1. The van der Waals surface area contributed by atoms with Gasteiger partial charge in [0.25, 0.3) is 0 Å². The van der Waals surface area contributed by atoms with E-state index in [1.807, 2.05) is 24.4 Å². The average molecular weight is 274 g/mol. The van der Waals surface area contributed by atoms with Crippen LogP contribution in [0.25, 0.3) is 10.9 Å². The average Bonchev–Trinajstić information content (AvgIpc) is 2.91. The van der Waals surface area contributed by atoms with E-state index in [9.17, 15) is 4.79 Å². The fourth-order valence-corrected chi connectivity index (χ4v) is 2.55. The van der Waals surface area contributed by atoms with Crippen LogP contribution in [0.5, 0.6) is 0 Å². The molecule has 0 saturated carbocycles. The van der Waals surface area contributed by atoms with E-state index in [0.717, 1.165) is 37.0 Å². The molecule has 0 aliphatic carbocycles. The van der Waals surface area contributed by atoms with Crippen LogP contribution in [0, 0.1) is 0 Å². The molecule has 108 valence electrons. The third-order valence-corrected chi connectivity index (χ3v) is 3.78. The molecule has 1 heterocycles. The van der Waals surface area contributed by atoms with Gasteiger partial charge in [-0.25, -0.2) is 4.79 Å². The molecule has 0 unspecified atom stereocenters. The maximum atomic E-state index is 11.9. The molecule has 4 heteroatoms. The first kappa shape index (κ1) is 14.6. The molecule has 2 rings (SSSR count). The van der Waals surface area contributed by atoms with Gasteiger partial charge >= 0.3 is 5.97 Å². The topological polar surface area (TPSA) is 45.3 Å². The van der Waals surface area contributed by atoms with Crippen LogP contribution >= 0.6 is 0 Å². The van der Waals surface area contributed by atoms with Crippen molar-refractivity contribution in [1.82, 2.24) is 9.88 Å². The number of methoxy groups -OCH3 is 1. The lowest BCUT2D eigenvalue weighted by Crippen LogP contribution is -2.25. The van der Waals surface area contributed by atoms with Gasteiger partial charge in [-0.2, -0.15) is 0 Å². The van der Waals surface area contributed by atoms with Crippen molar-refractivity contribution >= 4 is 16.9 Å². The summed E-state index contributed by atoms with van der Waals surface area (Å²) in [5.41, 5.74) is 2.80. The van der Waals surface area contributed by atoms with Crippen molar-refractivity contribution in [3.63, 3.8) is 0 Å². The van der Waals surface area contributed by atoms with Gasteiger partial charge in [0.15, 0.2) is 0 Å². The molecule has 0 aliphatic heterocycles. The number of esters is 1. The van der Waals surface area contributed by atoms with E-state index in [4.69, 9.17) is 4.74 Å². The van der Waals surface area contributed by atoms with Crippen molar-refractivity contribution < 1.29 is 9.53 Å². The number of benzene rings is 1. The minimum absolute atomic E-state index is 0.278. The van der Waals surface area contributed by atoms with Crippen LogP contribution in [0.2, 0.25) is 0 Å². The van der Waals surface area contributed by atoms with E-state index < -0.39 is 0 Å². The van der Waals surface area contributed by atoms with Gasteiger partial charge in [-0.05, 0) is 37.2 Å². The van der Waals surface area contributed by atoms with Gasteiger partial charge < -0.3 is 14.6 Å². The molecule has 2 aromatic rings. The molecule has 1 aromatic carbocycles. The molecule has 0 bridgehead atoms. The molecule has 1 aromatic heterocycles. The summed E-state index contributed by atoms with van der Waals surface area (Å²) < 4.78 is 4.87. The smallest absolute Gasteiger partial charge is 0.338 e. The lowest BCUT2D eigenvalue weighted by atomic mass is 10.0. The SMILES string of the molecule is CCN(CC)CCc1c[nH]c2cccc(C(=O)OC)c12. The number of aromatic nitrogens is 1. The van der Waals surface area contributed by atoms with E-state index in [1.54, 1.807) is 0 Å².